The number of carbonyl (C=O) groups is 2. The van der Waals surface area contributed by atoms with E-state index in [1.807, 2.05) is 12.2 Å². The van der Waals surface area contributed by atoms with Crippen LogP contribution in [0.1, 0.15) is 12.8 Å². The third-order valence-corrected chi connectivity index (χ3v) is 3.22. The summed E-state index contributed by atoms with van der Waals surface area (Å²) in [6, 6.07) is 0. The highest BCUT2D eigenvalue weighted by Gasteiger charge is 2.46. The van der Waals surface area contributed by atoms with E-state index in [0.29, 0.717) is 5.45 Å². The first-order valence-electron chi connectivity index (χ1n) is 4.32. The fraction of sp³-hybridized carbons (Fsp3) is 0.556. The Morgan fingerprint density at radius 2 is 1.69 bits per heavy atom. The summed E-state index contributed by atoms with van der Waals surface area (Å²) in [5.41, 5.74) is 0.331. The molecule has 2 rings (SSSR count). The lowest BCUT2D eigenvalue weighted by atomic mass is 9.85. The van der Waals surface area contributed by atoms with Gasteiger partial charge in [-0.15, -0.1) is 0 Å². The largest absolute Gasteiger partial charge is 0.274 e. The molecule has 0 N–H and O–H groups in total. The van der Waals surface area contributed by atoms with Gasteiger partial charge in [-0.3, -0.25) is 14.5 Å². The molecule has 0 aromatic rings. The predicted molar refractivity (Wildman–Crippen MR) is 51.0 cm³/mol. The van der Waals surface area contributed by atoms with Crippen molar-refractivity contribution in [1.29, 1.82) is 0 Å². The van der Waals surface area contributed by atoms with Crippen molar-refractivity contribution in [3.63, 3.8) is 0 Å². The average Bonchev–Trinajstić information content (AvgIpc) is 2.41. The first-order chi connectivity index (χ1) is 6.25. The summed E-state index contributed by atoms with van der Waals surface area (Å²) in [5.74, 6) is -0.211. The normalized spacial score (nSPS) is 32.5. The number of allylic oxidation sites excluding steroid dienone is 2. The summed E-state index contributed by atoms with van der Waals surface area (Å²) < 4.78 is 0. The molecule has 70 valence electrons. The van der Waals surface area contributed by atoms with E-state index in [9.17, 15) is 9.59 Å². The van der Waals surface area contributed by atoms with Gasteiger partial charge in [-0.2, -0.15) is 0 Å². The molecule has 1 fully saturated rings. The molecule has 2 amide bonds. The van der Waals surface area contributed by atoms with Gasteiger partial charge < -0.3 is 0 Å². The number of alkyl halides is 1. The summed E-state index contributed by atoms with van der Waals surface area (Å²) in [5, 5.41) is 0. The number of hydrogen-bond donors (Lipinski definition) is 0. The lowest BCUT2D eigenvalue weighted by Gasteiger charge is -2.14. The van der Waals surface area contributed by atoms with Crippen molar-refractivity contribution in [2.24, 2.45) is 11.8 Å². The van der Waals surface area contributed by atoms with Crippen molar-refractivity contribution >= 4 is 27.7 Å². The van der Waals surface area contributed by atoms with Gasteiger partial charge in [0.05, 0.1) is 17.3 Å². The van der Waals surface area contributed by atoms with Gasteiger partial charge in [0.15, 0.2) is 0 Å². The van der Waals surface area contributed by atoms with Crippen molar-refractivity contribution < 1.29 is 9.59 Å². The molecular formula is C9H10BrNO2. The molecular weight excluding hydrogens is 234 g/mol. The zero-order chi connectivity index (χ0) is 9.42. The van der Waals surface area contributed by atoms with E-state index in [1.54, 1.807) is 0 Å². The Kier molecular flexibility index (Phi) is 2.24. The number of likely N-dealkylation sites (tertiary alicyclic amines) is 1. The lowest BCUT2D eigenvalue weighted by molar-refractivity contribution is -0.138. The quantitative estimate of drug-likeness (QED) is 0.301. The average molecular weight is 244 g/mol. The van der Waals surface area contributed by atoms with Crippen LogP contribution >= 0.6 is 15.9 Å². The molecule has 0 saturated carbocycles. The summed E-state index contributed by atoms with van der Waals surface area (Å²) in [7, 11) is 0. The second kappa shape index (κ2) is 3.25. The number of hydrogen-bond acceptors (Lipinski definition) is 2. The van der Waals surface area contributed by atoms with Crippen LogP contribution in [0.3, 0.4) is 0 Å². The Balaban J connectivity index is 2.27. The van der Waals surface area contributed by atoms with Crippen LogP contribution in [0.15, 0.2) is 12.2 Å². The molecule has 0 bridgehead atoms. The number of halogens is 1. The Bertz CT molecular complexity index is 261. The fourth-order valence-electron chi connectivity index (χ4n) is 1.99. The molecule has 0 aromatic heterocycles. The van der Waals surface area contributed by atoms with Gasteiger partial charge in [0, 0.05) is 0 Å². The van der Waals surface area contributed by atoms with Crippen LogP contribution in [0.4, 0.5) is 0 Å². The maximum atomic E-state index is 11.6. The van der Waals surface area contributed by atoms with Crippen molar-refractivity contribution in [3.05, 3.63) is 12.2 Å². The highest BCUT2D eigenvalue weighted by Crippen LogP contribution is 2.35. The van der Waals surface area contributed by atoms with E-state index in [1.165, 1.54) is 4.90 Å². The number of nitrogens with zero attached hydrogens (tertiary/aromatic N) is 1. The van der Waals surface area contributed by atoms with Crippen molar-refractivity contribution in [2.75, 3.05) is 5.45 Å². The van der Waals surface area contributed by atoms with Crippen LogP contribution in [0.25, 0.3) is 0 Å². The SMILES string of the molecule is O=C1C2CC=CCC2C(=O)N1CBr. The van der Waals surface area contributed by atoms with Gasteiger partial charge in [-0.1, -0.05) is 28.1 Å². The van der Waals surface area contributed by atoms with E-state index in [4.69, 9.17) is 0 Å². The van der Waals surface area contributed by atoms with Crippen LogP contribution in [0.2, 0.25) is 0 Å². The van der Waals surface area contributed by atoms with Crippen molar-refractivity contribution in [3.8, 4) is 0 Å². The molecule has 4 heteroatoms. The molecule has 0 aromatic carbocycles. The first kappa shape index (κ1) is 8.94. The highest BCUT2D eigenvalue weighted by atomic mass is 79.9. The van der Waals surface area contributed by atoms with Gasteiger partial charge in [0.25, 0.3) is 0 Å². The zero-order valence-electron chi connectivity index (χ0n) is 7.07. The number of amides is 2. The molecule has 3 nitrogen and oxygen atoms in total. The molecule has 1 aliphatic carbocycles. The molecule has 1 saturated heterocycles. The molecule has 1 heterocycles. The topological polar surface area (TPSA) is 37.4 Å². The minimum Gasteiger partial charge on any atom is -0.274 e. The number of rotatable bonds is 1. The number of imide groups is 1. The van der Waals surface area contributed by atoms with E-state index in [0.717, 1.165) is 12.8 Å². The molecule has 0 spiro atoms. The Morgan fingerprint density at radius 1 is 1.23 bits per heavy atom. The predicted octanol–water partition coefficient (Wildman–Crippen LogP) is 1.29. The molecule has 2 aliphatic rings. The monoisotopic (exact) mass is 243 g/mol. The first-order valence-corrected chi connectivity index (χ1v) is 5.44. The molecule has 2 atom stereocenters. The van der Waals surface area contributed by atoms with Crippen LogP contribution < -0.4 is 0 Å². The Hall–Kier alpha value is -0.640. The lowest BCUT2D eigenvalue weighted by Crippen LogP contribution is -2.29. The summed E-state index contributed by atoms with van der Waals surface area (Å²) in [6.45, 7) is 0. The minimum absolute atomic E-state index is 0.0174. The van der Waals surface area contributed by atoms with E-state index < -0.39 is 0 Å². The summed E-state index contributed by atoms with van der Waals surface area (Å²) in [4.78, 5) is 24.6. The maximum Gasteiger partial charge on any atom is 0.234 e. The van der Waals surface area contributed by atoms with Gasteiger partial charge in [-0.25, -0.2) is 0 Å². The summed E-state index contributed by atoms with van der Waals surface area (Å²) in [6.07, 6.45) is 5.42. The van der Waals surface area contributed by atoms with E-state index in [-0.39, 0.29) is 23.7 Å². The van der Waals surface area contributed by atoms with Gasteiger partial charge in [0.1, 0.15) is 0 Å². The van der Waals surface area contributed by atoms with Crippen LogP contribution in [-0.2, 0) is 9.59 Å². The Morgan fingerprint density at radius 3 is 2.08 bits per heavy atom. The number of fused-ring (bicyclic) bond motifs is 1. The van der Waals surface area contributed by atoms with E-state index >= 15 is 0 Å². The minimum atomic E-state index is -0.0879. The standard InChI is InChI=1S/C9H10BrNO2/c10-5-11-8(12)6-3-1-2-4-7(6)9(11)13/h1-2,6-7H,3-5H2. The number of carbonyl (C=O) groups excluding carboxylic acids is 2. The van der Waals surface area contributed by atoms with Crippen LogP contribution in [-0.4, -0.2) is 22.2 Å². The molecule has 0 radical (unpaired) electrons. The van der Waals surface area contributed by atoms with Crippen LogP contribution in [0.5, 0.6) is 0 Å². The molecule has 13 heavy (non-hydrogen) atoms. The third-order valence-electron chi connectivity index (χ3n) is 2.72. The third kappa shape index (κ3) is 1.24. The Labute approximate surface area is 84.9 Å². The second-order valence-corrected chi connectivity index (χ2v) is 3.88. The van der Waals surface area contributed by atoms with Crippen molar-refractivity contribution in [1.82, 2.24) is 4.90 Å². The van der Waals surface area contributed by atoms with Gasteiger partial charge in [-0.05, 0) is 12.8 Å². The van der Waals surface area contributed by atoms with E-state index in [2.05, 4.69) is 15.9 Å². The van der Waals surface area contributed by atoms with Crippen LogP contribution in [0, 0.1) is 11.8 Å². The molecule has 1 aliphatic heterocycles. The zero-order valence-corrected chi connectivity index (χ0v) is 8.66. The van der Waals surface area contributed by atoms with Gasteiger partial charge >= 0.3 is 0 Å². The fourth-order valence-corrected chi connectivity index (χ4v) is 2.48. The summed E-state index contributed by atoms with van der Waals surface area (Å²) >= 11 is 3.15. The maximum absolute atomic E-state index is 11.6. The molecule has 2 unspecified atom stereocenters. The van der Waals surface area contributed by atoms with Gasteiger partial charge in [0.2, 0.25) is 11.8 Å². The second-order valence-electron chi connectivity index (χ2n) is 3.38. The highest BCUT2D eigenvalue weighted by molar-refractivity contribution is 9.09. The smallest absolute Gasteiger partial charge is 0.234 e. The van der Waals surface area contributed by atoms with Crippen molar-refractivity contribution in [2.45, 2.75) is 12.8 Å².